The van der Waals surface area contributed by atoms with Gasteiger partial charge >= 0.3 is 0 Å². The van der Waals surface area contributed by atoms with Gasteiger partial charge in [-0.05, 0) is 31.2 Å². The molecular formula is C16H18FN3O. The Labute approximate surface area is 123 Å². The number of halogens is 1. The lowest BCUT2D eigenvalue weighted by molar-refractivity contribution is 0.0828. The van der Waals surface area contributed by atoms with Crippen molar-refractivity contribution in [2.45, 2.75) is 13.0 Å². The molecule has 2 rings (SSSR count). The van der Waals surface area contributed by atoms with Gasteiger partial charge in [-0.15, -0.1) is 0 Å². The van der Waals surface area contributed by atoms with Gasteiger partial charge in [0.15, 0.2) is 0 Å². The zero-order valence-electron chi connectivity index (χ0n) is 12.3. The minimum absolute atomic E-state index is 0.0719. The number of rotatable bonds is 4. The SMILES string of the molecule is CC(Nc1ccccc1C(=O)N(C)C)c1ccc(F)cn1. The molecule has 0 radical (unpaired) electrons. The molecule has 0 fully saturated rings. The summed E-state index contributed by atoms with van der Waals surface area (Å²) >= 11 is 0. The van der Waals surface area contributed by atoms with Crippen molar-refractivity contribution < 1.29 is 9.18 Å². The van der Waals surface area contributed by atoms with Crippen molar-refractivity contribution in [1.29, 1.82) is 0 Å². The number of amides is 1. The van der Waals surface area contributed by atoms with Crippen LogP contribution in [0.25, 0.3) is 0 Å². The Morgan fingerprint density at radius 2 is 1.95 bits per heavy atom. The van der Waals surface area contributed by atoms with Gasteiger partial charge < -0.3 is 10.2 Å². The molecule has 1 aromatic carbocycles. The average molecular weight is 287 g/mol. The minimum Gasteiger partial charge on any atom is -0.376 e. The van der Waals surface area contributed by atoms with E-state index in [0.717, 1.165) is 5.69 Å². The maximum absolute atomic E-state index is 12.9. The summed E-state index contributed by atoms with van der Waals surface area (Å²) in [4.78, 5) is 17.7. The summed E-state index contributed by atoms with van der Waals surface area (Å²) in [5.41, 5.74) is 2.04. The smallest absolute Gasteiger partial charge is 0.255 e. The average Bonchev–Trinajstić information content (AvgIpc) is 2.47. The quantitative estimate of drug-likeness (QED) is 0.940. The van der Waals surface area contributed by atoms with E-state index < -0.39 is 0 Å². The van der Waals surface area contributed by atoms with Crippen molar-refractivity contribution in [1.82, 2.24) is 9.88 Å². The summed E-state index contributed by atoms with van der Waals surface area (Å²) in [6.07, 6.45) is 1.18. The number of nitrogens with zero attached hydrogens (tertiary/aromatic N) is 2. The minimum atomic E-state index is -0.367. The third kappa shape index (κ3) is 3.56. The molecule has 1 N–H and O–H groups in total. The van der Waals surface area contributed by atoms with Crippen molar-refractivity contribution in [3.05, 3.63) is 59.7 Å². The first-order valence-corrected chi connectivity index (χ1v) is 6.67. The maximum atomic E-state index is 12.9. The highest BCUT2D eigenvalue weighted by molar-refractivity contribution is 5.99. The van der Waals surface area contributed by atoms with Gasteiger partial charge in [-0.1, -0.05) is 12.1 Å². The molecule has 4 nitrogen and oxygen atoms in total. The number of para-hydroxylation sites is 1. The molecule has 0 saturated heterocycles. The molecule has 21 heavy (non-hydrogen) atoms. The van der Waals surface area contributed by atoms with E-state index in [4.69, 9.17) is 0 Å². The molecule has 110 valence electrons. The molecule has 0 aliphatic rings. The molecule has 0 saturated carbocycles. The van der Waals surface area contributed by atoms with E-state index in [1.54, 1.807) is 26.2 Å². The van der Waals surface area contributed by atoms with Crippen molar-refractivity contribution >= 4 is 11.6 Å². The Kier molecular flexibility index (Phi) is 4.52. The number of hydrogen-bond donors (Lipinski definition) is 1. The van der Waals surface area contributed by atoms with E-state index in [9.17, 15) is 9.18 Å². The van der Waals surface area contributed by atoms with Crippen molar-refractivity contribution in [3.8, 4) is 0 Å². The Morgan fingerprint density at radius 1 is 1.24 bits per heavy atom. The lowest BCUT2D eigenvalue weighted by Gasteiger charge is -2.19. The van der Waals surface area contributed by atoms with Gasteiger partial charge in [-0.25, -0.2) is 4.39 Å². The summed E-state index contributed by atoms with van der Waals surface area (Å²) < 4.78 is 12.9. The zero-order valence-corrected chi connectivity index (χ0v) is 12.3. The molecule has 0 aliphatic heterocycles. The predicted molar refractivity (Wildman–Crippen MR) is 80.7 cm³/mol. The van der Waals surface area contributed by atoms with Crippen LogP contribution in [-0.2, 0) is 0 Å². The van der Waals surface area contributed by atoms with Crippen LogP contribution in [0.4, 0.5) is 10.1 Å². The number of aromatic nitrogens is 1. The lowest BCUT2D eigenvalue weighted by atomic mass is 10.1. The lowest BCUT2D eigenvalue weighted by Crippen LogP contribution is -2.23. The third-order valence-electron chi connectivity index (χ3n) is 3.13. The van der Waals surface area contributed by atoms with Gasteiger partial charge in [0.25, 0.3) is 5.91 Å². The van der Waals surface area contributed by atoms with E-state index in [0.29, 0.717) is 11.3 Å². The molecule has 1 amide bonds. The summed E-state index contributed by atoms with van der Waals surface area (Å²) in [7, 11) is 3.42. The Morgan fingerprint density at radius 3 is 2.57 bits per heavy atom. The second-order valence-electron chi connectivity index (χ2n) is 5.01. The fourth-order valence-electron chi connectivity index (χ4n) is 1.99. The fourth-order valence-corrected chi connectivity index (χ4v) is 1.99. The van der Waals surface area contributed by atoms with Crippen molar-refractivity contribution in [2.24, 2.45) is 0 Å². The molecule has 0 spiro atoms. The highest BCUT2D eigenvalue weighted by atomic mass is 19.1. The number of carbonyl (C=O) groups is 1. The first kappa shape index (κ1) is 15.0. The summed E-state index contributed by atoms with van der Waals surface area (Å²) in [6, 6.07) is 10.2. The van der Waals surface area contributed by atoms with Gasteiger partial charge in [-0.2, -0.15) is 0 Å². The largest absolute Gasteiger partial charge is 0.376 e. The van der Waals surface area contributed by atoms with E-state index in [1.807, 2.05) is 25.1 Å². The number of nitrogens with one attached hydrogen (secondary N) is 1. The number of carbonyl (C=O) groups excluding carboxylic acids is 1. The standard InChI is InChI=1S/C16H18FN3O/c1-11(14-9-8-12(17)10-18-14)19-15-7-5-4-6-13(15)16(21)20(2)3/h4-11,19H,1-3H3. The highest BCUT2D eigenvalue weighted by Gasteiger charge is 2.15. The highest BCUT2D eigenvalue weighted by Crippen LogP contribution is 2.22. The summed E-state index contributed by atoms with van der Waals surface area (Å²) in [5.74, 6) is -0.438. The maximum Gasteiger partial charge on any atom is 0.255 e. The summed E-state index contributed by atoms with van der Waals surface area (Å²) in [6.45, 7) is 1.91. The van der Waals surface area contributed by atoms with Crippen LogP contribution >= 0.6 is 0 Å². The third-order valence-corrected chi connectivity index (χ3v) is 3.13. The molecule has 0 aliphatic carbocycles. The second-order valence-corrected chi connectivity index (χ2v) is 5.01. The van der Waals surface area contributed by atoms with Gasteiger partial charge in [-0.3, -0.25) is 9.78 Å². The van der Waals surface area contributed by atoms with Gasteiger partial charge in [0.1, 0.15) is 5.82 Å². The van der Waals surface area contributed by atoms with Crippen LogP contribution in [-0.4, -0.2) is 29.9 Å². The Bertz CT molecular complexity index is 626. The molecule has 5 heteroatoms. The van der Waals surface area contributed by atoms with Gasteiger partial charge in [0.05, 0.1) is 23.5 Å². The number of hydrogen-bond acceptors (Lipinski definition) is 3. The Balaban J connectivity index is 2.23. The van der Waals surface area contributed by atoms with Crippen molar-refractivity contribution in [3.63, 3.8) is 0 Å². The van der Waals surface area contributed by atoms with Crippen molar-refractivity contribution in [2.75, 3.05) is 19.4 Å². The zero-order chi connectivity index (χ0) is 15.4. The molecule has 1 aromatic heterocycles. The van der Waals surface area contributed by atoms with E-state index in [2.05, 4.69) is 10.3 Å². The number of anilines is 1. The normalized spacial score (nSPS) is 11.8. The number of benzene rings is 1. The van der Waals surface area contributed by atoms with Crippen LogP contribution < -0.4 is 5.32 Å². The van der Waals surface area contributed by atoms with Crippen LogP contribution in [0.5, 0.6) is 0 Å². The molecule has 1 unspecified atom stereocenters. The molecule has 0 bridgehead atoms. The predicted octanol–water partition coefficient (Wildman–Crippen LogP) is 3.10. The second kappa shape index (κ2) is 6.35. The van der Waals surface area contributed by atoms with Crippen LogP contribution in [0.2, 0.25) is 0 Å². The van der Waals surface area contributed by atoms with Crippen LogP contribution in [0.1, 0.15) is 29.0 Å². The molecule has 1 atom stereocenters. The van der Waals surface area contributed by atoms with Crippen LogP contribution in [0, 0.1) is 5.82 Å². The number of pyridine rings is 1. The van der Waals surface area contributed by atoms with Gasteiger partial charge in [0, 0.05) is 19.8 Å². The molecule has 1 heterocycles. The molecule has 2 aromatic rings. The Hall–Kier alpha value is -2.43. The van der Waals surface area contributed by atoms with E-state index in [-0.39, 0.29) is 17.8 Å². The van der Waals surface area contributed by atoms with Gasteiger partial charge in [0.2, 0.25) is 0 Å². The van der Waals surface area contributed by atoms with E-state index in [1.165, 1.54) is 17.2 Å². The first-order valence-electron chi connectivity index (χ1n) is 6.67. The summed E-state index contributed by atoms with van der Waals surface area (Å²) in [5, 5.41) is 3.25. The fraction of sp³-hybridized carbons (Fsp3) is 0.250. The topological polar surface area (TPSA) is 45.2 Å². The van der Waals surface area contributed by atoms with E-state index >= 15 is 0 Å². The molecular weight excluding hydrogens is 269 g/mol. The first-order chi connectivity index (χ1) is 9.99. The monoisotopic (exact) mass is 287 g/mol. The van der Waals surface area contributed by atoms with Crippen LogP contribution in [0.3, 0.4) is 0 Å². The van der Waals surface area contributed by atoms with Crippen LogP contribution in [0.15, 0.2) is 42.6 Å².